The predicted molar refractivity (Wildman–Crippen MR) is 94.7 cm³/mol. The molecule has 3 rings (SSSR count). The van der Waals surface area contributed by atoms with Crippen LogP contribution in [0.3, 0.4) is 0 Å². The second-order valence-corrected chi connectivity index (χ2v) is 7.14. The number of hydrogen-bond donors (Lipinski definition) is 1. The van der Waals surface area contributed by atoms with Crippen LogP contribution in [0.1, 0.15) is 43.3 Å². The van der Waals surface area contributed by atoms with Crippen LogP contribution < -0.4 is 5.73 Å². The predicted octanol–water partition coefficient (Wildman–Crippen LogP) is 3.50. The van der Waals surface area contributed by atoms with Crippen molar-refractivity contribution in [1.29, 1.82) is 0 Å². The molecule has 0 aromatic carbocycles. The quantitative estimate of drug-likeness (QED) is 0.902. The van der Waals surface area contributed by atoms with E-state index in [1.807, 2.05) is 11.3 Å². The molecule has 1 saturated carbocycles. The van der Waals surface area contributed by atoms with Crippen LogP contribution in [0.2, 0.25) is 0 Å². The minimum absolute atomic E-state index is 0. The van der Waals surface area contributed by atoms with Gasteiger partial charge in [0.05, 0.1) is 10.7 Å². The average Bonchev–Trinajstić information content (AvgIpc) is 2.98. The fourth-order valence-corrected chi connectivity index (χ4v) is 4.61. The average molecular weight is 352 g/mol. The summed E-state index contributed by atoms with van der Waals surface area (Å²) >= 11 is 1.82. The smallest absolute Gasteiger partial charge is 0.0928 e. The van der Waals surface area contributed by atoms with Gasteiger partial charge in [0, 0.05) is 31.1 Å². The van der Waals surface area contributed by atoms with Crippen molar-refractivity contribution in [1.82, 2.24) is 9.88 Å². The van der Waals surface area contributed by atoms with Gasteiger partial charge in [-0.05, 0) is 37.5 Å². The number of aryl methyl sites for hydroxylation is 1. The zero-order valence-electron chi connectivity index (χ0n) is 12.7. The number of rotatable bonds is 4. The highest BCUT2D eigenvalue weighted by molar-refractivity contribution is 7.09. The molecule has 1 aromatic heterocycles. The lowest BCUT2D eigenvalue weighted by Crippen LogP contribution is -2.38. The third kappa shape index (κ3) is 4.55. The van der Waals surface area contributed by atoms with Gasteiger partial charge in [-0.3, -0.25) is 4.90 Å². The molecule has 2 N–H and O–H groups in total. The molecule has 1 saturated heterocycles. The number of halogens is 2. The molecule has 21 heavy (non-hydrogen) atoms. The highest BCUT2D eigenvalue weighted by Gasteiger charge is 2.38. The number of thiazole rings is 1. The minimum atomic E-state index is 0. The van der Waals surface area contributed by atoms with Gasteiger partial charge < -0.3 is 5.73 Å². The van der Waals surface area contributed by atoms with Crippen molar-refractivity contribution in [2.24, 2.45) is 17.6 Å². The van der Waals surface area contributed by atoms with Crippen LogP contribution in [-0.4, -0.2) is 29.0 Å². The van der Waals surface area contributed by atoms with Crippen LogP contribution in [-0.2, 0) is 13.0 Å². The maximum Gasteiger partial charge on any atom is 0.0928 e. The van der Waals surface area contributed by atoms with Crippen molar-refractivity contribution in [2.45, 2.75) is 51.6 Å². The molecule has 2 heterocycles. The number of aromatic nitrogens is 1. The van der Waals surface area contributed by atoms with E-state index in [0.29, 0.717) is 6.04 Å². The molecule has 1 aromatic rings. The van der Waals surface area contributed by atoms with Crippen molar-refractivity contribution < 1.29 is 0 Å². The summed E-state index contributed by atoms with van der Waals surface area (Å²) in [7, 11) is 0. The van der Waals surface area contributed by atoms with Gasteiger partial charge in [0.2, 0.25) is 0 Å². The Morgan fingerprint density at radius 1 is 1.33 bits per heavy atom. The van der Waals surface area contributed by atoms with Gasteiger partial charge in [-0.2, -0.15) is 0 Å². The van der Waals surface area contributed by atoms with Crippen molar-refractivity contribution in [3.63, 3.8) is 0 Å². The van der Waals surface area contributed by atoms with Crippen LogP contribution in [0.15, 0.2) is 5.38 Å². The molecule has 3 atom stereocenters. The van der Waals surface area contributed by atoms with E-state index < -0.39 is 0 Å². The second-order valence-electron chi connectivity index (χ2n) is 6.20. The first-order valence-electron chi connectivity index (χ1n) is 7.67. The monoisotopic (exact) mass is 351 g/mol. The molecule has 3 nitrogen and oxygen atoms in total. The van der Waals surface area contributed by atoms with Crippen LogP contribution >= 0.6 is 36.2 Å². The Balaban J connectivity index is 0.00000110. The van der Waals surface area contributed by atoms with E-state index in [2.05, 4.69) is 17.2 Å². The second kappa shape index (κ2) is 8.68. The van der Waals surface area contributed by atoms with Gasteiger partial charge in [-0.25, -0.2) is 4.98 Å². The fourth-order valence-electron chi connectivity index (χ4n) is 3.72. The largest absolute Gasteiger partial charge is 0.327 e. The Morgan fingerprint density at radius 2 is 2.14 bits per heavy atom. The SMILES string of the molecule is CCCc1nc(CN2CC3CCCC(N)C3C2)cs1.Cl.Cl. The lowest BCUT2D eigenvalue weighted by molar-refractivity contribution is 0.259. The highest BCUT2D eigenvalue weighted by atomic mass is 35.5. The van der Waals surface area contributed by atoms with Gasteiger partial charge in [0.25, 0.3) is 0 Å². The third-order valence-electron chi connectivity index (χ3n) is 4.68. The third-order valence-corrected chi connectivity index (χ3v) is 5.64. The summed E-state index contributed by atoms with van der Waals surface area (Å²) in [6, 6.07) is 0.440. The van der Waals surface area contributed by atoms with E-state index in [1.54, 1.807) is 0 Å². The van der Waals surface area contributed by atoms with Gasteiger partial charge in [-0.15, -0.1) is 36.2 Å². The van der Waals surface area contributed by atoms with Crippen LogP contribution in [0.4, 0.5) is 0 Å². The summed E-state index contributed by atoms with van der Waals surface area (Å²) in [5.41, 5.74) is 7.54. The van der Waals surface area contributed by atoms with Gasteiger partial charge in [0.15, 0.2) is 0 Å². The van der Waals surface area contributed by atoms with Gasteiger partial charge in [0.1, 0.15) is 0 Å². The lowest BCUT2D eigenvalue weighted by Gasteiger charge is -2.29. The van der Waals surface area contributed by atoms with E-state index in [1.165, 1.54) is 49.5 Å². The summed E-state index contributed by atoms with van der Waals surface area (Å²) in [5, 5.41) is 3.54. The van der Waals surface area contributed by atoms with Gasteiger partial charge >= 0.3 is 0 Å². The summed E-state index contributed by atoms with van der Waals surface area (Å²) in [6.45, 7) is 5.67. The maximum absolute atomic E-state index is 6.28. The van der Waals surface area contributed by atoms with E-state index in [9.17, 15) is 0 Å². The Hall–Kier alpha value is 0.130. The number of hydrogen-bond acceptors (Lipinski definition) is 4. The molecule has 6 heteroatoms. The lowest BCUT2D eigenvalue weighted by atomic mass is 9.78. The molecule has 0 spiro atoms. The van der Waals surface area contributed by atoms with Crippen molar-refractivity contribution in [2.75, 3.05) is 13.1 Å². The molecule has 2 aliphatic rings. The Labute approximate surface area is 144 Å². The van der Waals surface area contributed by atoms with E-state index >= 15 is 0 Å². The topological polar surface area (TPSA) is 42.2 Å². The summed E-state index contributed by atoms with van der Waals surface area (Å²) in [5.74, 6) is 1.58. The van der Waals surface area contributed by atoms with Crippen LogP contribution in [0.25, 0.3) is 0 Å². The Bertz CT molecular complexity index is 427. The number of fused-ring (bicyclic) bond motifs is 1. The zero-order chi connectivity index (χ0) is 13.2. The molecule has 2 fully saturated rings. The maximum atomic E-state index is 6.28. The first-order valence-corrected chi connectivity index (χ1v) is 8.55. The zero-order valence-corrected chi connectivity index (χ0v) is 15.1. The molecule has 0 amide bonds. The summed E-state index contributed by atoms with van der Waals surface area (Å²) in [4.78, 5) is 7.32. The molecule has 0 radical (unpaired) electrons. The Morgan fingerprint density at radius 3 is 2.86 bits per heavy atom. The fraction of sp³-hybridized carbons (Fsp3) is 0.800. The van der Waals surface area contributed by atoms with E-state index in [-0.39, 0.29) is 24.8 Å². The molecule has 1 aliphatic carbocycles. The molecule has 3 unspecified atom stereocenters. The van der Waals surface area contributed by atoms with Crippen molar-refractivity contribution >= 4 is 36.2 Å². The van der Waals surface area contributed by atoms with Gasteiger partial charge in [-0.1, -0.05) is 13.3 Å². The minimum Gasteiger partial charge on any atom is -0.327 e. The summed E-state index contributed by atoms with van der Waals surface area (Å²) < 4.78 is 0. The standard InChI is InChI=1S/C15H25N3S.2ClH/c1-2-4-15-17-12(10-19-15)8-18-7-11-5-3-6-14(16)13(11)9-18;;/h10-11,13-14H,2-9,16H2,1H3;2*1H. The molecule has 122 valence electrons. The summed E-state index contributed by atoms with van der Waals surface area (Å²) in [6.07, 6.45) is 6.25. The van der Waals surface area contributed by atoms with E-state index in [0.717, 1.165) is 24.8 Å². The van der Waals surface area contributed by atoms with E-state index in [4.69, 9.17) is 10.7 Å². The van der Waals surface area contributed by atoms with Crippen LogP contribution in [0.5, 0.6) is 0 Å². The molecular weight excluding hydrogens is 325 g/mol. The first kappa shape index (κ1) is 19.2. The number of nitrogens with two attached hydrogens (primary N) is 1. The number of nitrogens with zero attached hydrogens (tertiary/aromatic N) is 2. The number of likely N-dealkylation sites (tertiary alicyclic amines) is 1. The Kier molecular flexibility index (Phi) is 7.93. The van der Waals surface area contributed by atoms with Crippen LogP contribution in [0, 0.1) is 11.8 Å². The molecule has 1 aliphatic heterocycles. The normalized spacial score (nSPS) is 28.6. The highest BCUT2D eigenvalue weighted by Crippen LogP contribution is 2.36. The van der Waals surface area contributed by atoms with Crippen molar-refractivity contribution in [3.8, 4) is 0 Å². The molecule has 0 bridgehead atoms. The molecular formula is C15H27Cl2N3S. The first-order chi connectivity index (χ1) is 9.26. The van der Waals surface area contributed by atoms with Crippen molar-refractivity contribution in [3.05, 3.63) is 16.1 Å².